The van der Waals surface area contributed by atoms with Gasteiger partial charge in [0.25, 0.3) is 0 Å². The zero-order valence-corrected chi connectivity index (χ0v) is 12.1. The second kappa shape index (κ2) is 6.34. The second-order valence-electron chi connectivity index (χ2n) is 4.83. The number of nitrogen functional groups attached to an aromatic ring is 1. The average Bonchev–Trinajstić information content (AvgIpc) is 2.94. The molecule has 7 nitrogen and oxygen atoms in total. The van der Waals surface area contributed by atoms with Crippen LogP contribution in [0.5, 0.6) is 0 Å². The van der Waals surface area contributed by atoms with Crippen LogP contribution in [0.3, 0.4) is 0 Å². The average molecular weight is 293 g/mol. The number of rotatable bonds is 3. The normalized spacial score (nSPS) is 17.4. The van der Waals surface area contributed by atoms with Gasteiger partial charge in [-0.25, -0.2) is 9.59 Å². The molecule has 0 bridgehead atoms. The van der Waals surface area contributed by atoms with Crippen LogP contribution in [-0.2, 0) is 9.47 Å². The van der Waals surface area contributed by atoms with Crippen molar-refractivity contribution in [3.63, 3.8) is 0 Å². The highest BCUT2D eigenvalue weighted by Crippen LogP contribution is 2.28. The van der Waals surface area contributed by atoms with Crippen molar-refractivity contribution in [1.82, 2.24) is 5.32 Å². The third-order valence-corrected chi connectivity index (χ3v) is 3.48. The van der Waals surface area contributed by atoms with Gasteiger partial charge in [-0.05, 0) is 24.6 Å². The predicted molar refractivity (Wildman–Crippen MR) is 78.4 cm³/mol. The molecule has 0 aromatic heterocycles. The molecule has 7 heteroatoms. The maximum absolute atomic E-state index is 11.5. The number of carbonyl (C=O) groups is 2. The van der Waals surface area contributed by atoms with E-state index in [-0.39, 0.29) is 6.04 Å². The molecule has 1 aromatic carbocycles. The van der Waals surface area contributed by atoms with Crippen LogP contribution in [0.1, 0.15) is 16.8 Å². The minimum absolute atomic E-state index is 0.0251. The molecule has 2 rings (SSSR count). The molecule has 1 saturated heterocycles. The first-order valence-electron chi connectivity index (χ1n) is 6.62. The zero-order valence-electron chi connectivity index (χ0n) is 12.1. The number of hydrogen-bond donors (Lipinski definition) is 2. The molecular formula is C14H19N3O4. The highest BCUT2D eigenvalue weighted by atomic mass is 16.5. The standard InChI is InChI=1S/C14H19N3O4/c1-20-13(18)9-3-4-12(11(15)7-9)17-6-5-10(8-17)16-14(19)21-2/h3-4,7,10H,5-6,8,15H2,1-2H3,(H,16,19). The summed E-state index contributed by atoms with van der Waals surface area (Å²) in [5.41, 5.74) is 7.78. The number of amides is 1. The van der Waals surface area contributed by atoms with Crippen LogP contribution in [0.4, 0.5) is 16.2 Å². The van der Waals surface area contributed by atoms with Crippen molar-refractivity contribution in [2.24, 2.45) is 0 Å². The highest BCUT2D eigenvalue weighted by Gasteiger charge is 2.25. The van der Waals surface area contributed by atoms with Gasteiger partial charge >= 0.3 is 12.1 Å². The summed E-state index contributed by atoms with van der Waals surface area (Å²) in [5.74, 6) is -0.417. The van der Waals surface area contributed by atoms with Gasteiger partial charge in [0.05, 0.1) is 37.2 Å². The molecule has 0 saturated carbocycles. The first kappa shape index (κ1) is 15.0. The molecule has 1 unspecified atom stereocenters. The third kappa shape index (κ3) is 3.36. The zero-order chi connectivity index (χ0) is 15.4. The third-order valence-electron chi connectivity index (χ3n) is 3.48. The van der Waals surface area contributed by atoms with Gasteiger partial charge in [-0.1, -0.05) is 0 Å². The number of nitrogens with two attached hydrogens (primary N) is 1. The summed E-state index contributed by atoms with van der Waals surface area (Å²) in [7, 11) is 2.67. The Morgan fingerprint density at radius 2 is 2.10 bits per heavy atom. The van der Waals surface area contributed by atoms with Crippen molar-refractivity contribution in [2.75, 3.05) is 37.9 Å². The van der Waals surface area contributed by atoms with E-state index in [0.717, 1.165) is 18.7 Å². The van der Waals surface area contributed by atoms with Gasteiger partial charge < -0.3 is 25.4 Å². The monoisotopic (exact) mass is 293 g/mol. The Bertz CT molecular complexity index is 547. The van der Waals surface area contributed by atoms with Gasteiger partial charge in [0.15, 0.2) is 0 Å². The summed E-state index contributed by atoms with van der Waals surface area (Å²) in [6, 6.07) is 5.10. The van der Waals surface area contributed by atoms with Crippen LogP contribution in [-0.4, -0.2) is 45.4 Å². The Morgan fingerprint density at radius 1 is 1.33 bits per heavy atom. The number of methoxy groups -OCH3 is 2. The summed E-state index contributed by atoms with van der Waals surface area (Å²) in [6.07, 6.45) is 0.378. The van der Waals surface area contributed by atoms with Crippen molar-refractivity contribution >= 4 is 23.4 Å². The van der Waals surface area contributed by atoms with E-state index >= 15 is 0 Å². The largest absolute Gasteiger partial charge is 0.465 e. The highest BCUT2D eigenvalue weighted by molar-refractivity contribution is 5.92. The molecule has 114 valence electrons. The molecule has 1 aliphatic heterocycles. The first-order chi connectivity index (χ1) is 10.0. The quantitative estimate of drug-likeness (QED) is 0.637. The minimum Gasteiger partial charge on any atom is -0.465 e. The lowest BCUT2D eigenvalue weighted by Crippen LogP contribution is -2.37. The van der Waals surface area contributed by atoms with E-state index in [0.29, 0.717) is 17.8 Å². The number of hydrogen-bond acceptors (Lipinski definition) is 6. The summed E-state index contributed by atoms with van der Waals surface area (Å²) >= 11 is 0. The maximum Gasteiger partial charge on any atom is 0.407 e. The molecule has 0 aliphatic carbocycles. The van der Waals surface area contributed by atoms with Gasteiger partial charge in [0, 0.05) is 13.1 Å². The molecule has 21 heavy (non-hydrogen) atoms. The van der Waals surface area contributed by atoms with E-state index in [9.17, 15) is 9.59 Å². The van der Waals surface area contributed by atoms with Crippen molar-refractivity contribution in [3.8, 4) is 0 Å². The van der Waals surface area contributed by atoms with E-state index in [1.807, 2.05) is 0 Å². The number of alkyl carbamates (subject to hydrolysis) is 1. The second-order valence-corrected chi connectivity index (χ2v) is 4.83. The molecule has 3 N–H and O–H groups in total. The number of nitrogens with zero attached hydrogens (tertiary/aromatic N) is 1. The van der Waals surface area contributed by atoms with Crippen LogP contribution >= 0.6 is 0 Å². The Morgan fingerprint density at radius 3 is 2.71 bits per heavy atom. The summed E-state index contributed by atoms with van der Waals surface area (Å²) in [5, 5.41) is 2.77. The van der Waals surface area contributed by atoms with Crippen molar-refractivity contribution in [3.05, 3.63) is 23.8 Å². The van der Waals surface area contributed by atoms with Crippen LogP contribution in [0.2, 0.25) is 0 Å². The molecule has 1 amide bonds. The van der Waals surface area contributed by atoms with E-state index in [1.165, 1.54) is 14.2 Å². The molecule has 1 heterocycles. The minimum atomic E-state index is -0.434. The Labute approximate surface area is 123 Å². The Hall–Kier alpha value is -2.44. The molecule has 1 fully saturated rings. The van der Waals surface area contributed by atoms with E-state index in [1.54, 1.807) is 18.2 Å². The van der Waals surface area contributed by atoms with Crippen molar-refractivity contribution < 1.29 is 19.1 Å². The smallest absolute Gasteiger partial charge is 0.407 e. The molecule has 0 radical (unpaired) electrons. The summed E-state index contributed by atoms with van der Waals surface area (Å²) in [4.78, 5) is 24.7. The van der Waals surface area contributed by atoms with Gasteiger partial charge in [0.1, 0.15) is 0 Å². The summed E-state index contributed by atoms with van der Waals surface area (Å²) in [6.45, 7) is 1.42. The van der Waals surface area contributed by atoms with Crippen LogP contribution in [0, 0.1) is 0 Å². The number of carbonyl (C=O) groups excluding carboxylic acids is 2. The van der Waals surface area contributed by atoms with Crippen LogP contribution < -0.4 is 16.0 Å². The lowest BCUT2D eigenvalue weighted by molar-refractivity contribution is 0.0600. The number of nitrogens with one attached hydrogen (secondary N) is 1. The van der Waals surface area contributed by atoms with Crippen LogP contribution in [0.15, 0.2) is 18.2 Å². The number of ether oxygens (including phenoxy) is 2. The van der Waals surface area contributed by atoms with E-state index < -0.39 is 12.1 Å². The van der Waals surface area contributed by atoms with Gasteiger partial charge in [-0.15, -0.1) is 0 Å². The van der Waals surface area contributed by atoms with E-state index in [2.05, 4.69) is 19.7 Å². The number of esters is 1. The van der Waals surface area contributed by atoms with Gasteiger partial charge in [0.2, 0.25) is 0 Å². The molecule has 0 spiro atoms. The van der Waals surface area contributed by atoms with E-state index in [4.69, 9.17) is 5.73 Å². The molecular weight excluding hydrogens is 274 g/mol. The predicted octanol–water partition coefficient (Wildman–Crippen LogP) is 0.990. The fourth-order valence-electron chi connectivity index (χ4n) is 2.41. The molecule has 1 aromatic rings. The lowest BCUT2D eigenvalue weighted by atomic mass is 10.1. The first-order valence-corrected chi connectivity index (χ1v) is 6.62. The van der Waals surface area contributed by atoms with Gasteiger partial charge in [-0.3, -0.25) is 0 Å². The number of anilines is 2. The topological polar surface area (TPSA) is 93.9 Å². The Kier molecular flexibility index (Phi) is 4.52. The summed E-state index contributed by atoms with van der Waals surface area (Å²) < 4.78 is 9.25. The fourth-order valence-corrected chi connectivity index (χ4v) is 2.41. The SMILES string of the molecule is COC(=O)NC1CCN(c2ccc(C(=O)OC)cc2N)C1. The van der Waals surface area contributed by atoms with Crippen LogP contribution in [0.25, 0.3) is 0 Å². The number of benzene rings is 1. The molecule has 1 atom stereocenters. The lowest BCUT2D eigenvalue weighted by Gasteiger charge is -2.21. The Balaban J connectivity index is 2.06. The van der Waals surface area contributed by atoms with Gasteiger partial charge in [-0.2, -0.15) is 0 Å². The fraction of sp³-hybridized carbons (Fsp3) is 0.429. The maximum atomic E-state index is 11.5. The van der Waals surface area contributed by atoms with Crippen molar-refractivity contribution in [1.29, 1.82) is 0 Å². The molecule has 1 aliphatic rings. The van der Waals surface area contributed by atoms with Crippen molar-refractivity contribution in [2.45, 2.75) is 12.5 Å².